The van der Waals surface area contributed by atoms with Gasteiger partial charge in [-0.15, -0.1) is 11.3 Å². The molecule has 34 heavy (non-hydrogen) atoms. The molecule has 2 amide bonds. The van der Waals surface area contributed by atoms with Crippen LogP contribution in [0.1, 0.15) is 23.4 Å². The number of nitrogens with one attached hydrogen (secondary N) is 2. The number of anilines is 1. The second-order valence-corrected chi connectivity index (χ2v) is 9.34. The summed E-state index contributed by atoms with van der Waals surface area (Å²) < 4.78 is 14.2. The summed E-state index contributed by atoms with van der Waals surface area (Å²) in [6.45, 7) is 5.03. The van der Waals surface area contributed by atoms with Crippen molar-refractivity contribution in [3.05, 3.63) is 88.4 Å². The molecule has 0 bridgehead atoms. The van der Waals surface area contributed by atoms with Gasteiger partial charge in [0.2, 0.25) is 0 Å². The van der Waals surface area contributed by atoms with Gasteiger partial charge in [0, 0.05) is 43.6 Å². The Morgan fingerprint density at radius 1 is 0.941 bits per heavy atom. The van der Waals surface area contributed by atoms with Crippen LogP contribution >= 0.6 is 11.3 Å². The van der Waals surface area contributed by atoms with Crippen LogP contribution in [-0.2, 0) is 16.1 Å². The Morgan fingerprint density at radius 3 is 2.32 bits per heavy atom. The Bertz CT molecular complexity index is 1090. The number of piperazine rings is 1. The zero-order chi connectivity index (χ0) is 23.9. The highest BCUT2D eigenvalue weighted by Crippen LogP contribution is 2.30. The van der Waals surface area contributed by atoms with Crippen molar-refractivity contribution in [1.82, 2.24) is 15.5 Å². The van der Waals surface area contributed by atoms with Crippen LogP contribution in [0.5, 0.6) is 0 Å². The van der Waals surface area contributed by atoms with E-state index in [0.717, 1.165) is 23.5 Å². The van der Waals surface area contributed by atoms with E-state index < -0.39 is 11.8 Å². The summed E-state index contributed by atoms with van der Waals surface area (Å²) in [5, 5.41) is 7.59. The Hall–Kier alpha value is -3.23. The molecule has 6 nitrogen and oxygen atoms in total. The molecule has 2 N–H and O–H groups in total. The highest BCUT2D eigenvalue weighted by molar-refractivity contribution is 7.10. The Kier molecular flexibility index (Phi) is 7.92. The minimum Gasteiger partial charge on any atom is -0.367 e. The first-order chi connectivity index (χ1) is 16.5. The standard InChI is InChI=1S/C26H29FN4O2S/c1-19(29-26(33)25(32)28-18-20-8-3-2-4-9-20)24(23-12-7-17-34-23)31-15-13-30(14-16-31)22-11-6-5-10-21(22)27/h2-12,17,19,24H,13-16,18H2,1H3,(H,28,32)(H,29,33)/t19-,24-/m0/s1. The summed E-state index contributed by atoms with van der Waals surface area (Å²) in [5.74, 6) is -1.51. The minimum atomic E-state index is -0.648. The molecule has 178 valence electrons. The van der Waals surface area contributed by atoms with Crippen molar-refractivity contribution in [1.29, 1.82) is 0 Å². The van der Waals surface area contributed by atoms with Crippen LogP contribution < -0.4 is 15.5 Å². The fourth-order valence-electron chi connectivity index (χ4n) is 4.36. The average Bonchev–Trinajstić information content (AvgIpc) is 3.38. The van der Waals surface area contributed by atoms with E-state index in [-0.39, 0.29) is 17.9 Å². The second-order valence-electron chi connectivity index (χ2n) is 8.37. The second kappa shape index (κ2) is 11.3. The number of thiophene rings is 1. The quantitative estimate of drug-likeness (QED) is 0.508. The van der Waals surface area contributed by atoms with Crippen LogP contribution in [0, 0.1) is 5.82 Å². The predicted octanol–water partition coefficient (Wildman–Crippen LogP) is 3.57. The van der Waals surface area contributed by atoms with Gasteiger partial charge in [-0.2, -0.15) is 0 Å². The maximum Gasteiger partial charge on any atom is 0.309 e. The lowest BCUT2D eigenvalue weighted by atomic mass is 10.0. The van der Waals surface area contributed by atoms with Crippen molar-refractivity contribution < 1.29 is 14.0 Å². The number of rotatable bonds is 7. The minimum absolute atomic E-state index is 0.0753. The number of hydrogen-bond acceptors (Lipinski definition) is 5. The zero-order valence-electron chi connectivity index (χ0n) is 19.1. The molecule has 0 saturated carbocycles. The maximum absolute atomic E-state index is 14.2. The van der Waals surface area contributed by atoms with E-state index >= 15 is 0 Å². The third-order valence-electron chi connectivity index (χ3n) is 6.07. The Balaban J connectivity index is 1.38. The van der Waals surface area contributed by atoms with Crippen LogP contribution in [0.15, 0.2) is 72.1 Å². The Morgan fingerprint density at radius 2 is 1.65 bits per heavy atom. The number of hydrogen-bond donors (Lipinski definition) is 2. The lowest BCUT2D eigenvalue weighted by molar-refractivity contribution is -0.140. The first kappa shape index (κ1) is 23.9. The highest BCUT2D eigenvalue weighted by atomic mass is 32.1. The Labute approximate surface area is 203 Å². The first-order valence-corrected chi connectivity index (χ1v) is 12.3. The number of halogens is 1. The maximum atomic E-state index is 14.2. The first-order valence-electron chi connectivity index (χ1n) is 11.4. The van der Waals surface area contributed by atoms with Gasteiger partial charge in [0.15, 0.2) is 0 Å². The van der Waals surface area contributed by atoms with E-state index in [1.54, 1.807) is 23.5 Å². The van der Waals surface area contributed by atoms with E-state index in [4.69, 9.17) is 0 Å². The number of benzene rings is 2. The molecule has 0 unspecified atom stereocenters. The summed E-state index contributed by atoms with van der Waals surface area (Å²) in [4.78, 5) is 30.5. The normalized spacial score (nSPS) is 16.0. The number of carbonyl (C=O) groups is 2. The van der Waals surface area contributed by atoms with Crippen LogP contribution in [0.3, 0.4) is 0 Å². The zero-order valence-corrected chi connectivity index (χ0v) is 19.9. The third kappa shape index (κ3) is 5.81. The van der Waals surface area contributed by atoms with Gasteiger partial charge in [0.25, 0.3) is 0 Å². The van der Waals surface area contributed by atoms with Gasteiger partial charge in [-0.1, -0.05) is 48.5 Å². The molecule has 0 radical (unpaired) electrons. The molecule has 2 heterocycles. The monoisotopic (exact) mass is 480 g/mol. The van der Waals surface area contributed by atoms with Crippen LogP contribution in [0.4, 0.5) is 10.1 Å². The molecule has 1 aromatic heterocycles. The van der Waals surface area contributed by atoms with Gasteiger partial charge in [-0.25, -0.2) is 4.39 Å². The van der Waals surface area contributed by atoms with E-state index in [0.29, 0.717) is 25.3 Å². The molecule has 1 aliphatic rings. The van der Waals surface area contributed by atoms with Crippen molar-refractivity contribution in [2.75, 3.05) is 31.1 Å². The van der Waals surface area contributed by atoms with E-state index in [2.05, 4.69) is 26.5 Å². The summed E-state index contributed by atoms with van der Waals surface area (Å²) in [6.07, 6.45) is 0. The van der Waals surface area contributed by atoms with Crippen molar-refractivity contribution in [3.8, 4) is 0 Å². The summed E-state index contributed by atoms with van der Waals surface area (Å²) in [5.41, 5.74) is 1.55. The molecule has 8 heteroatoms. The lowest BCUT2D eigenvalue weighted by Crippen LogP contribution is -2.53. The number of carbonyl (C=O) groups excluding carboxylic acids is 2. The van der Waals surface area contributed by atoms with E-state index in [9.17, 15) is 14.0 Å². The molecule has 2 aromatic carbocycles. The van der Waals surface area contributed by atoms with Crippen LogP contribution in [0.25, 0.3) is 0 Å². The van der Waals surface area contributed by atoms with Gasteiger partial charge in [0.1, 0.15) is 5.82 Å². The van der Waals surface area contributed by atoms with Crippen LogP contribution in [-0.4, -0.2) is 48.9 Å². The fraction of sp³-hybridized carbons (Fsp3) is 0.308. The van der Waals surface area contributed by atoms with Gasteiger partial charge in [-0.05, 0) is 36.1 Å². The molecule has 3 aromatic rings. The molecule has 4 rings (SSSR count). The largest absolute Gasteiger partial charge is 0.367 e. The summed E-state index contributed by atoms with van der Waals surface area (Å²) in [6, 6.07) is 20.0. The van der Waals surface area contributed by atoms with Gasteiger partial charge >= 0.3 is 11.8 Å². The van der Waals surface area contributed by atoms with E-state index in [1.165, 1.54) is 6.07 Å². The lowest BCUT2D eigenvalue weighted by Gasteiger charge is -2.42. The van der Waals surface area contributed by atoms with Gasteiger partial charge in [-0.3, -0.25) is 14.5 Å². The number of nitrogens with zero attached hydrogens (tertiary/aromatic N) is 2. The molecule has 0 aliphatic carbocycles. The molecular weight excluding hydrogens is 451 g/mol. The van der Waals surface area contributed by atoms with Gasteiger partial charge < -0.3 is 15.5 Å². The molecule has 1 aliphatic heterocycles. The van der Waals surface area contributed by atoms with Gasteiger partial charge in [0.05, 0.1) is 11.7 Å². The predicted molar refractivity (Wildman–Crippen MR) is 133 cm³/mol. The molecular formula is C26H29FN4O2S. The van der Waals surface area contributed by atoms with Crippen molar-refractivity contribution in [2.24, 2.45) is 0 Å². The van der Waals surface area contributed by atoms with Crippen molar-refractivity contribution >= 4 is 28.8 Å². The smallest absolute Gasteiger partial charge is 0.309 e. The number of para-hydroxylation sites is 1. The number of amides is 2. The molecule has 1 fully saturated rings. The molecule has 1 saturated heterocycles. The summed E-state index contributed by atoms with van der Waals surface area (Å²) in [7, 11) is 0. The van der Waals surface area contributed by atoms with Crippen molar-refractivity contribution in [2.45, 2.75) is 25.6 Å². The highest BCUT2D eigenvalue weighted by Gasteiger charge is 2.32. The van der Waals surface area contributed by atoms with Crippen molar-refractivity contribution in [3.63, 3.8) is 0 Å². The van der Waals surface area contributed by atoms with E-state index in [1.807, 2.05) is 54.8 Å². The average molecular weight is 481 g/mol. The topological polar surface area (TPSA) is 64.7 Å². The van der Waals surface area contributed by atoms with Crippen LogP contribution in [0.2, 0.25) is 0 Å². The fourth-order valence-corrected chi connectivity index (χ4v) is 5.33. The molecule has 0 spiro atoms. The molecule has 2 atom stereocenters. The SMILES string of the molecule is C[C@H](NC(=O)C(=O)NCc1ccccc1)[C@@H](c1cccs1)N1CCN(c2ccccc2F)CC1. The summed E-state index contributed by atoms with van der Waals surface area (Å²) >= 11 is 1.63. The third-order valence-corrected chi connectivity index (χ3v) is 7.01.